The molecule has 1 fully saturated rings. The summed E-state index contributed by atoms with van der Waals surface area (Å²) in [6, 6.07) is 3.99. The van der Waals surface area contributed by atoms with E-state index in [4.69, 9.17) is 17.3 Å². The molecule has 1 saturated heterocycles. The quantitative estimate of drug-likeness (QED) is 0.672. The van der Waals surface area contributed by atoms with Crippen LogP contribution in [-0.4, -0.2) is 34.9 Å². The number of piperidine rings is 1. The number of hydrogen-bond acceptors (Lipinski definition) is 4. The first-order valence-corrected chi connectivity index (χ1v) is 7.26. The molecule has 1 aromatic rings. The van der Waals surface area contributed by atoms with Crippen molar-refractivity contribution in [1.29, 1.82) is 0 Å². The molecule has 2 atom stereocenters. The summed E-state index contributed by atoms with van der Waals surface area (Å²) in [5.41, 5.74) is 5.98. The minimum atomic E-state index is -0.552. The Balaban J connectivity index is 0.00000242. The van der Waals surface area contributed by atoms with Crippen LogP contribution in [-0.2, 0) is 0 Å². The molecular weight excluding hydrogens is 329 g/mol. The van der Waals surface area contributed by atoms with Crippen LogP contribution in [0.1, 0.15) is 30.1 Å². The lowest BCUT2D eigenvalue weighted by atomic mass is 9.92. The zero-order valence-corrected chi connectivity index (χ0v) is 13.8. The predicted octanol–water partition coefficient (Wildman–Crippen LogP) is 2.87. The lowest BCUT2D eigenvalue weighted by Crippen LogP contribution is -2.45. The molecule has 1 amide bonds. The number of non-ortho nitro benzene ring substituents is 1. The van der Waals surface area contributed by atoms with Crippen LogP contribution < -0.4 is 5.73 Å². The fraction of sp³-hybridized carbons (Fsp3) is 0.500. The number of nitrogens with zero attached hydrogens (tertiary/aromatic N) is 2. The normalized spacial score (nSPS) is 19.2. The number of carbonyl (C=O) groups is 1. The zero-order valence-electron chi connectivity index (χ0n) is 12.2. The first-order valence-electron chi connectivity index (χ1n) is 6.88. The maximum atomic E-state index is 12.5. The van der Waals surface area contributed by atoms with Crippen molar-refractivity contribution in [1.82, 2.24) is 4.90 Å². The molecule has 0 aromatic heterocycles. The maximum Gasteiger partial charge on any atom is 0.271 e. The molecule has 1 aromatic carbocycles. The van der Waals surface area contributed by atoms with E-state index >= 15 is 0 Å². The van der Waals surface area contributed by atoms with Gasteiger partial charge in [0.1, 0.15) is 0 Å². The van der Waals surface area contributed by atoms with Crippen LogP contribution in [0.2, 0.25) is 5.02 Å². The molecule has 122 valence electrons. The second-order valence-electron chi connectivity index (χ2n) is 5.47. The van der Waals surface area contributed by atoms with E-state index < -0.39 is 4.92 Å². The third kappa shape index (κ3) is 4.32. The molecule has 0 saturated carbocycles. The Kier molecular flexibility index (Phi) is 6.59. The SMILES string of the molecule is CC(N)C1CCCN(C(=O)c2cc(Cl)cc([N+](=O)[O-])c2)C1.Cl. The third-order valence-electron chi connectivity index (χ3n) is 3.83. The first kappa shape index (κ1) is 18.7. The molecule has 22 heavy (non-hydrogen) atoms. The molecule has 0 radical (unpaired) electrons. The van der Waals surface area contributed by atoms with Gasteiger partial charge in [-0.1, -0.05) is 11.6 Å². The van der Waals surface area contributed by atoms with Crippen molar-refractivity contribution in [3.63, 3.8) is 0 Å². The van der Waals surface area contributed by atoms with Crippen LogP contribution in [0.5, 0.6) is 0 Å². The first-order chi connectivity index (χ1) is 9.88. The average Bonchev–Trinajstić information content (AvgIpc) is 2.45. The van der Waals surface area contributed by atoms with Gasteiger partial charge in [0.05, 0.1) is 4.92 Å². The van der Waals surface area contributed by atoms with Crippen molar-refractivity contribution in [2.45, 2.75) is 25.8 Å². The highest BCUT2D eigenvalue weighted by Crippen LogP contribution is 2.24. The molecule has 1 heterocycles. The molecule has 0 bridgehead atoms. The Morgan fingerprint density at radius 2 is 2.18 bits per heavy atom. The average molecular weight is 348 g/mol. The largest absolute Gasteiger partial charge is 0.338 e. The summed E-state index contributed by atoms with van der Waals surface area (Å²) in [5, 5.41) is 11.0. The van der Waals surface area contributed by atoms with E-state index in [1.165, 1.54) is 18.2 Å². The van der Waals surface area contributed by atoms with Gasteiger partial charge in [-0.15, -0.1) is 12.4 Å². The fourth-order valence-corrected chi connectivity index (χ4v) is 2.84. The summed E-state index contributed by atoms with van der Waals surface area (Å²) in [6.07, 6.45) is 1.89. The molecular formula is C14H19Cl2N3O3. The number of hydrogen-bond donors (Lipinski definition) is 1. The lowest BCUT2D eigenvalue weighted by Gasteiger charge is -2.34. The number of nitro benzene ring substituents is 1. The van der Waals surface area contributed by atoms with Crippen molar-refractivity contribution in [2.24, 2.45) is 11.7 Å². The van der Waals surface area contributed by atoms with E-state index in [1.54, 1.807) is 4.90 Å². The van der Waals surface area contributed by atoms with Crippen LogP contribution in [0.4, 0.5) is 5.69 Å². The molecule has 8 heteroatoms. The monoisotopic (exact) mass is 347 g/mol. The number of benzene rings is 1. The van der Waals surface area contributed by atoms with E-state index in [0.717, 1.165) is 12.8 Å². The summed E-state index contributed by atoms with van der Waals surface area (Å²) in [7, 11) is 0. The molecule has 0 spiro atoms. The van der Waals surface area contributed by atoms with Crippen LogP contribution in [0.25, 0.3) is 0 Å². The molecule has 0 aliphatic carbocycles. The van der Waals surface area contributed by atoms with Gasteiger partial charge in [0.25, 0.3) is 11.6 Å². The molecule has 6 nitrogen and oxygen atoms in total. The van der Waals surface area contributed by atoms with Gasteiger partial charge in [-0.25, -0.2) is 0 Å². The number of likely N-dealkylation sites (tertiary alicyclic amines) is 1. The second-order valence-corrected chi connectivity index (χ2v) is 5.90. The number of halogens is 2. The van der Waals surface area contributed by atoms with Crippen molar-refractivity contribution in [3.05, 3.63) is 38.9 Å². The summed E-state index contributed by atoms with van der Waals surface area (Å²) in [6.45, 7) is 3.15. The second kappa shape index (κ2) is 7.76. The highest BCUT2D eigenvalue weighted by Gasteiger charge is 2.27. The Labute approximate surface area is 140 Å². The number of rotatable bonds is 3. The molecule has 1 aliphatic rings. The number of amides is 1. The van der Waals surface area contributed by atoms with Crippen molar-refractivity contribution in [3.8, 4) is 0 Å². The van der Waals surface area contributed by atoms with Crippen LogP contribution in [0.3, 0.4) is 0 Å². The predicted molar refractivity (Wildman–Crippen MR) is 87.6 cm³/mol. The van der Waals surface area contributed by atoms with Gasteiger partial charge < -0.3 is 10.6 Å². The Bertz CT molecular complexity index is 566. The highest BCUT2D eigenvalue weighted by atomic mass is 35.5. The number of nitro groups is 1. The fourth-order valence-electron chi connectivity index (χ4n) is 2.61. The Morgan fingerprint density at radius 1 is 1.50 bits per heavy atom. The van der Waals surface area contributed by atoms with Gasteiger partial charge >= 0.3 is 0 Å². The molecule has 2 unspecified atom stereocenters. The topological polar surface area (TPSA) is 89.5 Å². The van der Waals surface area contributed by atoms with Gasteiger partial charge in [0, 0.05) is 41.9 Å². The van der Waals surface area contributed by atoms with Gasteiger partial charge in [0.15, 0.2) is 0 Å². The van der Waals surface area contributed by atoms with Gasteiger partial charge in [-0.2, -0.15) is 0 Å². The van der Waals surface area contributed by atoms with Gasteiger partial charge in [-0.3, -0.25) is 14.9 Å². The van der Waals surface area contributed by atoms with E-state index in [1.807, 2.05) is 6.92 Å². The maximum absolute atomic E-state index is 12.5. The standard InChI is InChI=1S/C14H18ClN3O3.ClH/c1-9(16)10-3-2-4-17(8-10)14(19)11-5-12(15)7-13(6-11)18(20)21;/h5-7,9-10H,2-4,8,16H2,1H3;1H. The van der Waals surface area contributed by atoms with E-state index in [-0.39, 0.29) is 46.5 Å². The van der Waals surface area contributed by atoms with E-state index in [9.17, 15) is 14.9 Å². The summed E-state index contributed by atoms with van der Waals surface area (Å²) in [5.74, 6) is 0.0304. The van der Waals surface area contributed by atoms with Crippen molar-refractivity contribution < 1.29 is 9.72 Å². The molecule has 2 rings (SSSR count). The highest BCUT2D eigenvalue weighted by molar-refractivity contribution is 6.31. The third-order valence-corrected chi connectivity index (χ3v) is 4.05. The number of nitrogens with two attached hydrogens (primary N) is 1. The smallest absolute Gasteiger partial charge is 0.271 e. The zero-order chi connectivity index (χ0) is 15.6. The Morgan fingerprint density at radius 3 is 2.77 bits per heavy atom. The molecule has 2 N–H and O–H groups in total. The van der Waals surface area contributed by atoms with Crippen molar-refractivity contribution in [2.75, 3.05) is 13.1 Å². The van der Waals surface area contributed by atoms with Crippen molar-refractivity contribution >= 4 is 35.6 Å². The summed E-state index contributed by atoms with van der Waals surface area (Å²) >= 11 is 5.86. The lowest BCUT2D eigenvalue weighted by molar-refractivity contribution is -0.384. The van der Waals surface area contributed by atoms with Gasteiger partial charge in [-0.05, 0) is 31.7 Å². The van der Waals surface area contributed by atoms with Gasteiger partial charge in [0.2, 0.25) is 0 Å². The van der Waals surface area contributed by atoms with Crippen LogP contribution in [0.15, 0.2) is 18.2 Å². The summed E-state index contributed by atoms with van der Waals surface area (Å²) in [4.78, 5) is 24.5. The number of carbonyl (C=O) groups excluding carboxylic acids is 1. The summed E-state index contributed by atoms with van der Waals surface area (Å²) < 4.78 is 0. The van der Waals surface area contributed by atoms with E-state index in [0.29, 0.717) is 13.1 Å². The molecule has 1 aliphatic heterocycles. The van der Waals surface area contributed by atoms with Crippen LogP contribution in [0, 0.1) is 16.0 Å². The van der Waals surface area contributed by atoms with E-state index in [2.05, 4.69) is 0 Å². The minimum absolute atomic E-state index is 0. The minimum Gasteiger partial charge on any atom is -0.338 e. The Hall–Kier alpha value is -1.37. The van der Waals surface area contributed by atoms with Crippen LogP contribution >= 0.6 is 24.0 Å².